The number of hydrogen-bond donors (Lipinski definition) is 4. The monoisotopic (exact) mass is 547 g/mol. The van der Waals surface area contributed by atoms with E-state index < -0.39 is 52.6 Å². The molecule has 1 aliphatic heterocycles. The summed E-state index contributed by atoms with van der Waals surface area (Å²) in [6.07, 6.45) is -2.43. The summed E-state index contributed by atoms with van der Waals surface area (Å²) >= 11 is 0. The SMILES string of the molecule is CCCC(CCC)C(=O)c1nc(=O)n([C@@H]2O[C@H](CO)[C@@H](O)C2(F)F)cc1N.O=S(=O)(O)c1ccccc1. The molecule has 1 aromatic carbocycles. The molecular weight excluding hydrogens is 516 g/mol. The summed E-state index contributed by atoms with van der Waals surface area (Å²) in [5, 5.41) is 18.6. The van der Waals surface area contributed by atoms with Crippen LogP contribution < -0.4 is 11.4 Å². The van der Waals surface area contributed by atoms with Gasteiger partial charge >= 0.3 is 11.6 Å². The maximum absolute atomic E-state index is 14.2. The Morgan fingerprint density at radius 3 is 2.22 bits per heavy atom. The van der Waals surface area contributed by atoms with Crippen LogP contribution in [0.5, 0.6) is 0 Å². The number of aliphatic hydroxyl groups is 2. The fourth-order valence-corrected chi connectivity index (χ4v) is 4.36. The largest absolute Gasteiger partial charge is 0.396 e. The van der Waals surface area contributed by atoms with Gasteiger partial charge in [-0.15, -0.1) is 0 Å². The van der Waals surface area contributed by atoms with Crippen LogP contribution in [0, 0.1) is 5.92 Å². The minimum absolute atomic E-state index is 0.0741. The van der Waals surface area contributed by atoms with Crippen molar-refractivity contribution in [3.8, 4) is 0 Å². The Kier molecular flexibility index (Phi) is 10.4. The van der Waals surface area contributed by atoms with Gasteiger partial charge in [-0.05, 0) is 25.0 Å². The first-order chi connectivity index (χ1) is 17.3. The number of rotatable bonds is 9. The van der Waals surface area contributed by atoms with Crippen LogP contribution in [0.1, 0.15) is 56.2 Å². The van der Waals surface area contributed by atoms with E-state index in [9.17, 15) is 31.9 Å². The van der Waals surface area contributed by atoms with Gasteiger partial charge < -0.3 is 20.7 Å². The van der Waals surface area contributed by atoms with Crippen molar-refractivity contribution in [1.29, 1.82) is 0 Å². The van der Waals surface area contributed by atoms with E-state index in [4.69, 9.17) is 20.1 Å². The summed E-state index contributed by atoms with van der Waals surface area (Å²) in [7, 11) is -4.00. The quantitative estimate of drug-likeness (QED) is 0.268. The van der Waals surface area contributed by atoms with Gasteiger partial charge in [0.15, 0.2) is 11.9 Å². The molecule has 2 aromatic rings. The molecule has 0 unspecified atom stereocenters. The standard InChI is InChI=1S/C17H25F2N3O5.C6H6O3S/c1-3-5-9(6-4-2)13(24)12-10(20)7-22(16(26)21-12)15-17(18,19)14(25)11(8-23)27-15;7-10(8,9)6-4-2-1-3-5-6/h7,9,11,14-15,23,25H,3-6,8,20H2,1-2H3;1-5H,(H,7,8,9)/t11-,14-,15-;/m1./s1. The Morgan fingerprint density at radius 2 is 1.78 bits per heavy atom. The Balaban J connectivity index is 0.000000402. The van der Waals surface area contributed by atoms with E-state index in [1.165, 1.54) is 12.1 Å². The lowest BCUT2D eigenvalue weighted by molar-refractivity contribution is -0.140. The Bertz CT molecular complexity index is 1220. The van der Waals surface area contributed by atoms with E-state index in [0.717, 1.165) is 19.0 Å². The molecule has 0 bridgehead atoms. The van der Waals surface area contributed by atoms with Gasteiger partial charge in [-0.25, -0.2) is 4.79 Å². The van der Waals surface area contributed by atoms with Crippen LogP contribution in [0.25, 0.3) is 0 Å². The number of carbonyl (C=O) groups excluding carboxylic acids is 1. The van der Waals surface area contributed by atoms with Gasteiger partial charge in [0, 0.05) is 12.1 Å². The second-order valence-electron chi connectivity index (χ2n) is 8.49. The topological polar surface area (TPSA) is 182 Å². The lowest BCUT2D eigenvalue weighted by Crippen LogP contribution is -2.42. The number of anilines is 1. The number of benzene rings is 1. The number of nitrogen functional groups attached to an aromatic ring is 1. The van der Waals surface area contributed by atoms with Crippen LogP contribution in [-0.2, 0) is 14.9 Å². The summed E-state index contributed by atoms with van der Waals surface area (Å²) in [6.45, 7) is 3.00. The van der Waals surface area contributed by atoms with Crippen molar-refractivity contribution < 1.29 is 41.5 Å². The average Bonchev–Trinajstić information content (AvgIpc) is 3.08. The number of ether oxygens (including phenoxy) is 1. The smallest absolute Gasteiger partial charge is 0.350 e. The molecule has 37 heavy (non-hydrogen) atoms. The number of nitrogens with two attached hydrogens (primary N) is 1. The highest BCUT2D eigenvalue weighted by Crippen LogP contribution is 2.42. The number of halogens is 2. The van der Waals surface area contributed by atoms with E-state index in [0.29, 0.717) is 17.4 Å². The Morgan fingerprint density at radius 1 is 1.22 bits per heavy atom. The molecule has 0 saturated carbocycles. The van der Waals surface area contributed by atoms with E-state index in [-0.39, 0.29) is 22.2 Å². The zero-order chi connectivity index (χ0) is 28.0. The molecule has 1 saturated heterocycles. The zero-order valence-corrected chi connectivity index (χ0v) is 21.1. The first-order valence-corrected chi connectivity index (χ1v) is 13.0. The van der Waals surface area contributed by atoms with Crippen molar-refractivity contribution in [3.05, 3.63) is 52.7 Å². The molecule has 0 spiro atoms. The van der Waals surface area contributed by atoms with Gasteiger partial charge in [-0.3, -0.25) is 13.9 Å². The number of alkyl halides is 2. The van der Waals surface area contributed by atoms with Crippen LogP contribution in [0.15, 0.2) is 46.2 Å². The number of hydrogen-bond acceptors (Lipinski definition) is 9. The van der Waals surface area contributed by atoms with Crippen LogP contribution in [0.4, 0.5) is 14.5 Å². The third-order valence-corrected chi connectivity index (χ3v) is 6.58. The minimum atomic E-state index is -4.00. The average molecular weight is 548 g/mol. The molecule has 206 valence electrons. The molecule has 3 atom stereocenters. The molecule has 0 radical (unpaired) electrons. The molecule has 2 heterocycles. The van der Waals surface area contributed by atoms with Gasteiger partial charge in [0.05, 0.1) is 17.2 Å². The van der Waals surface area contributed by atoms with Crippen molar-refractivity contribution >= 4 is 21.6 Å². The van der Waals surface area contributed by atoms with Crippen molar-refractivity contribution in [3.63, 3.8) is 0 Å². The van der Waals surface area contributed by atoms with Gasteiger partial charge in [0.2, 0.25) is 6.23 Å². The van der Waals surface area contributed by atoms with Gasteiger partial charge in [-0.1, -0.05) is 44.9 Å². The lowest BCUT2D eigenvalue weighted by atomic mass is 9.91. The molecule has 0 aliphatic carbocycles. The molecule has 11 nitrogen and oxygen atoms in total. The summed E-state index contributed by atoms with van der Waals surface area (Å²) in [4.78, 5) is 28.5. The van der Waals surface area contributed by atoms with E-state index in [2.05, 4.69) is 4.98 Å². The van der Waals surface area contributed by atoms with E-state index in [1.807, 2.05) is 13.8 Å². The lowest BCUT2D eigenvalue weighted by Gasteiger charge is -2.22. The molecule has 1 aromatic heterocycles. The first kappa shape index (κ1) is 30.4. The van der Waals surface area contributed by atoms with E-state index >= 15 is 0 Å². The molecule has 14 heteroatoms. The normalized spacial score (nSPS) is 20.9. The number of aliphatic hydroxyl groups excluding tert-OH is 2. The highest BCUT2D eigenvalue weighted by molar-refractivity contribution is 7.85. The highest BCUT2D eigenvalue weighted by Gasteiger charge is 2.59. The molecule has 3 rings (SSSR count). The van der Waals surface area contributed by atoms with Crippen LogP contribution in [-0.4, -0.2) is 63.3 Å². The number of nitrogens with zero attached hydrogens (tertiary/aromatic N) is 2. The fraction of sp³-hybridized carbons (Fsp3) is 0.522. The van der Waals surface area contributed by atoms with Crippen molar-refractivity contribution in [1.82, 2.24) is 9.55 Å². The maximum Gasteiger partial charge on any atom is 0.350 e. The summed E-state index contributed by atoms with van der Waals surface area (Å²) in [5.41, 5.74) is 4.21. The number of carbonyl (C=O) groups is 1. The predicted molar refractivity (Wildman–Crippen MR) is 129 cm³/mol. The Hall–Kier alpha value is -2.78. The molecule has 0 amide bonds. The second kappa shape index (κ2) is 12.6. The molecule has 1 aliphatic rings. The third-order valence-electron chi connectivity index (χ3n) is 5.71. The van der Waals surface area contributed by atoms with Crippen molar-refractivity contribution in [2.75, 3.05) is 12.3 Å². The highest BCUT2D eigenvalue weighted by atomic mass is 32.2. The summed E-state index contributed by atoms with van der Waals surface area (Å²) in [6, 6.07) is 7.42. The van der Waals surface area contributed by atoms with Gasteiger partial charge in [0.1, 0.15) is 11.8 Å². The van der Waals surface area contributed by atoms with Crippen molar-refractivity contribution in [2.45, 2.75) is 68.8 Å². The van der Waals surface area contributed by atoms with Gasteiger partial charge in [0.25, 0.3) is 10.1 Å². The number of Topliss-reactive ketones (excluding diaryl/α,β-unsaturated/α-hetero) is 1. The van der Waals surface area contributed by atoms with Gasteiger partial charge in [-0.2, -0.15) is 22.2 Å². The van der Waals surface area contributed by atoms with Crippen molar-refractivity contribution in [2.24, 2.45) is 5.92 Å². The minimum Gasteiger partial charge on any atom is -0.396 e. The zero-order valence-electron chi connectivity index (χ0n) is 20.3. The fourth-order valence-electron chi connectivity index (χ4n) is 3.86. The summed E-state index contributed by atoms with van der Waals surface area (Å²) in [5.74, 6) is -4.59. The Labute approximate surface area is 212 Å². The number of ketones is 1. The molecule has 5 N–H and O–H groups in total. The van der Waals surface area contributed by atoms with E-state index in [1.54, 1.807) is 18.2 Å². The van der Waals surface area contributed by atoms with Crippen LogP contribution in [0.3, 0.4) is 0 Å². The van der Waals surface area contributed by atoms with Crippen LogP contribution in [0.2, 0.25) is 0 Å². The second-order valence-corrected chi connectivity index (χ2v) is 9.91. The first-order valence-electron chi connectivity index (χ1n) is 11.6. The molecular formula is C23H31F2N3O8S. The number of aromatic nitrogens is 2. The van der Waals surface area contributed by atoms with Crippen LogP contribution >= 0.6 is 0 Å². The maximum atomic E-state index is 14.2. The summed E-state index contributed by atoms with van der Waals surface area (Å²) < 4.78 is 63.1. The third kappa shape index (κ3) is 7.17. The molecule has 1 fully saturated rings. The predicted octanol–water partition coefficient (Wildman–Crippen LogP) is 2.04.